The molecule has 2 N–H and O–H groups in total. The number of morpholine rings is 1. The largest absolute Gasteiger partial charge is 0.379 e. The summed E-state index contributed by atoms with van der Waals surface area (Å²) in [6, 6.07) is 0. The molecule has 142 valence electrons. The van der Waals surface area contributed by atoms with Crippen molar-refractivity contribution in [3.8, 4) is 0 Å². The lowest BCUT2D eigenvalue weighted by atomic mass is 10.1. The predicted octanol–water partition coefficient (Wildman–Crippen LogP) is 0.857. The molecular weight excluding hydrogens is 316 g/mol. The van der Waals surface area contributed by atoms with Crippen LogP contribution in [0.2, 0.25) is 0 Å². The Kier molecular flexibility index (Phi) is 8.21. The normalized spacial score (nSPS) is 16.2. The molecule has 0 atom stereocenters. The maximum Gasteiger partial charge on any atom is 0.191 e. The van der Waals surface area contributed by atoms with Gasteiger partial charge in [0.1, 0.15) is 0 Å². The van der Waals surface area contributed by atoms with Gasteiger partial charge in [-0.3, -0.25) is 14.6 Å². The van der Waals surface area contributed by atoms with Crippen molar-refractivity contribution < 1.29 is 4.74 Å². The van der Waals surface area contributed by atoms with Crippen molar-refractivity contribution in [1.82, 2.24) is 25.3 Å². The van der Waals surface area contributed by atoms with Crippen molar-refractivity contribution in [3.63, 3.8) is 0 Å². The first-order valence-electron chi connectivity index (χ1n) is 9.43. The van der Waals surface area contributed by atoms with E-state index in [0.29, 0.717) is 0 Å². The van der Waals surface area contributed by atoms with E-state index in [-0.39, 0.29) is 0 Å². The van der Waals surface area contributed by atoms with Crippen LogP contribution in [-0.4, -0.2) is 73.1 Å². The maximum absolute atomic E-state index is 5.38. The number of hydrogen-bond acceptors (Lipinski definition) is 4. The van der Waals surface area contributed by atoms with Gasteiger partial charge in [-0.1, -0.05) is 0 Å². The summed E-state index contributed by atoms with van der Waals surface area (Å²) in [5.74, 6) is 0.906. The number of rotatable bonds is 8. The van der Waals surface area contributed by atoms with E-state index in [0.717, 1.165) is 77.0 Å². The number of nitrogens with zero attached hydrogens (tertiary/aromatic N) is 4. The zero-order chi connectivity index (χ0) is 18.1. The molecular formula is C18H34N6O. The summed E-state index contributed by atoms with van der Waals surface area (Å²) in [5, 5.41) is 11.2. The zero-order valence-electron chi connectivity index (χ0n) is 16.3. The predicted molar refractivity (Wildman–Crippen MR) is 102 cm³/mol. The van der Waals surface area contributed by atoms with Gasteiger partial charge in [0.15, 0.2) is 5.96 Å². The smallest absolute Gasteiger partial charge is 0.191 e. The highest BCUT2D eigenvalue weighted by molar-refractivity contribution is 5.79. The van der Waals surface area contributed by atoms with Crippen LogP contribution in [0.5, 0.6) is 0 Å². The molecule has 7 heteroatoms. The van der Waals surface area contributed by atoms with Gasteiger partial charge in [0.05, 0.1) is 18.9 Å². The number of aliphatic imine (C=N–C) groups is 1. The molecule has 0 aromatic carbocycles. The van der Waals surface area contributed by atoms with Crippen molar-refractivity contribution in [1.29, 1.82) is 0 Å². The average Bonchev–Trinajstić information content (AvgIpc) is 2.85. The molecule has 25 heavy (non-hydrogen) atoms. The number of ether oxygens (including phenoxy) is 1. The molecule has 2 rings (SSSR count). The van der Waals surface area contributed by atoms with Crippen LogP contribution in [0.1, 0.15) is 30.3 Å². The molecule has 0 bridgehead atoms. The Morgan fingerprint density at radius 1 is 1.24 bits per heavy atom. The highest BCUT2D eigenvalue weighted by Crippen LogP contribution is 2.11. The van der Waals surface area contributed by atoms with Crippen LogP contribution in [0.3, 0.4) is 0 Å². The number of hydrogen-bond donors (Lipinski definition) is 2. The van der Waals surface area contributed by atoms with Crippen LogP contribution in [0.15, 0.2) is 4.99 Å². The monoisotopic (exact) mass is 350 g/mol. The van der Waals surface area contributed by atoms with Gasteiger partial charge in [-0.15, -0.1) is 0 Å². The zero-order valence-corrected chi connectivity index (χ0v) is 16.3. The molecule has 1 fully saturated rings. The Labute approximate surface area is 151 Å². The summed E-state index contributed by atoms with van der Waals surface area (Å²) in [4.78, 5) is 7.15. The fourth-order valence-electron chi connectivity index (χ4n) is 3.14. The Balaban J connectivity index is 1.73. The second-order valence-electron chi connectivity index (χ2n) is 6.52. The van der Waals surface area contributed by atoms with Crippen LogP contribution in [-0.2, 0) is 18.2 Å². The molecule has 1 aromatic rings. The molecule has 0 radical (unpaired) electrons. The summed E-state index contributed by atoms with van der Waals surface area (Å²) in [6.45, 7) is 13.8. The highest BCUT2D eigenvalue weighted by Gasteiger charge is 2.10. The lowest BCUT2D eigenvalue weighted by Crippen LogP contribution is -2.39. The van der Waals surface area contributed by atoms with E-state index in [1.165, 1.54) is 11.3 Å². The summed E-state index contributed by atoms with van der Waals surface area (Å²) in [6.07, 6.45) is 2.04. The molecule has 0 unspecified atom stereocenters. The standard InChI is InChI=1S/C18H34N6O/c1-5-19-18(20-8-6-10-24-11-13-25-14-12-24)21-9-7-17-15(2)22-23(4)16(17)3/h5-14H2,1-4H3,(H2,19,20,21). The van der Waals surface area contributed by atoms with Crippen LogP contribution < -0.4 is 10.6 Å². The second kappa shape index (κ2) is 10.4. The minimum atomic E-state index is 0.845. The van der Waals surface area contributed by atoms with Crippen LogP contribution in [0.25, 0.3) is 0 Å². The minimum absolute atomic E-state index is 0.845. The van der Waals surface area contributed by atoms with E-state index >= 15 is 0 Å². The van der Waals surface area contributed by atoms with Gasteiger partial charge in [-0.25, -0.2) is 0 Å². The van der Waals surface area contributed by atoms with Crippen molar-refractivity contribution >= 4 is 5.96 Å². The Bertz CT molecular complexity index is 548. The minimum Gasteiger partial charge on any atom is -0.379 e. The summed E-state index contributed by atoms with van der Waals surface area (Å²) >= 11 is 0. The highest BCUT2D eigenvalue weighted by atomic mass is 16.5. The molecule has 0 aliphatic carbocycles. The number of aromatic nitrogens is 2. The van der Waals surface area contributed by atoms with E-state index in [2.05, 4.69) is 41.4 Å². The summed E-state index contributed by atoms with van der Waals surface area (Å²) < 4.78 is 7.33. The molecule has 0 amide bonds. The Morgan fingerprint density at radius 2 is 2.00 bits per heavy atom. The molecule has 0 saturated carbocycles. The molecule has 1 aromatic heterocycles. The van der Waals surface area contributed by atoms with Gasteiger partial charge in [0.2, 0.25) is 0 Å². The van der Waals surface area contributed by atoms with Gasteiger partial charge < -0.3 is 15.4 Å². The fourth-order valence-corrected chi connectivity index (χ4v) is 3.14. The third-order valence-electron chi connectivity index (χ3n) is 4.68. The topological polar surface area (TPSA) is 66.7 Å². The van der Waals surface area contributed by atoms with E-state index in [1.807, 2.05) is 11.7 Å². The van der Waals surface area contributed by atoms with E-state index in [4.69, 9.17) is 9.73 Å². The van der Waals surface area contributed by atoms with Gasteiger partial charge in [0, 0.05) is 52.0 Å². The van der Waals surface area contributed by atoms with Gasteiger partial charge >= 0.3 is 0 Å². The van der Waals surface area contributed by atoms with E-state index in [1.54, 1.807) is 0 Å². The van der Waals surface area contributed by atoms with Gasteiger partial charge in [0.25, 0.3) is 0 Å². The third-order valence-corrected chi connectivity index (χ3v) is 4.68. The second-order valence-corrected chi connectivity index (χ2v) is 6.52. The first-order valence-corrected chi connectivity index (χ1v) is 9.43. The van der Waals surface area contributed by atoms with Crippen molar-refractivity contribution in [3.05, 3.63) is 17.0 Å². The fraction of sp³-hybridized carbons (Fsp3) is 0.778. The number of nitrogens with one attached hydrogen (secondary N) is 2. The number of guanidine groups is 1. The van der Waals surface area contributed by atoms with Crippen molar-refractivity contribution in [2.75, 3.05) is 52.5 Å². The number of aryl methyl sites for hydroxylation is 2. The maximum atomic E-state index is 5.38. The quantitative estimate of drug-likeness (QED) is 0.413. The Hall–Kier alpha value is -1.60. The van der Waals surface area contributed by atoms with Crippen LogP contribution in [0.4, 0.5) is 0 Å². The van der Waals surface area contributed by atoms with E-state index < -0.39 is 0 Å². The Morgan fingerprint density at radius 3 is 2.64 bits per heavy atom. The average molecular weight is 351 g/mol. The van der Waals surface area contributed by atoms with Gasteiger partial charge in [-0.05, 0) is 39.2 Å². The third kappa shape index (κ3) is 6.32. The molecule has 1 saturated heterocycles. The summed E-state index contributed by atoms with van der Waals surface area (Å²) in [5.41, 5.74) is 3.69. The van der Waals surface area contributed by atoms with Crippen LogP contribution in [0, 0.1) is 13.8 Å². The lowest BCUT2D eigenvalue weighted by Gasteiger charge is -2.26. The molecule has 0 spiro atoms. The molecule has 1 aliphatic rings. The lowest BCUT2D eigenvalue weighted by molar-refractivity contribution is 0.0377. The van der Waals surface area contributed by atoms with E-state index in [9.17, 15) is 0 Å². The SMILES string of the molecule is CCNC(=NCCCN1CCOCC1)NCCc1c(C)nn(C)c1C. The first-order chi connectivity index (χ1) is 12.1. The van der Waals surface area contributed by atoms with Gasteiger partial charge in [-0.2, -0.15) is 5.10 Å². The molecule has 7 nitrogen and oxygen atoms in total. The molecule has 1 aliphatic heterocycles. The van der Waals surface area contributed by atoms with Crippen molar-refractivity contribution in [2.24, 2.45) is 12.0 Å². The summed E-state index contributed by atoms with van der Waals surface area (Å²) in [7, 11) is 2.00. The molecule has 2 heterocycles. The van der Waals surface area contributed by atoms with Crippen molar-refractivity contribution in [2.45, 2.75) is 33.6 Å². The van der Waals surface area contributed by atoms with Crippen LogP contribution >= 0.6 is 0 Å². The first kappa shape index (κ1) is 19.7.